The molecule has 0 aliphatic heterocycles. The summed E-state index contributed by atoms with van der Waals surface area (Å²) in [4.78, 5) is 2.18. The third-order valence-electron chi connectivity index (χ3n) is 2.40. The lowest BCUT2D eigenvalue weighted by atomic mass is 10.1. The third-order valence-corrected chi connectivity index (χ3v) is 2.40. The Hall–Kier alpha value is -1.75. The van der Waals surface area contributed by atoms with Crippen LogP contribution < -0.4 is 4.90 Å². The molecule has 0 saturated heterocycles. The van der Waals surface area contributed by atoms with Gasteiger partial charge in [0.2, 0.25) is 0 Å². The zero-order valence-electron chi connectivity index (χ0n) is 9.06. The molecule has 0 aliphatic rings. The maximum Gasteiger partial charge on any atom is 0.0646 e. The fraction of sp³-hybridized carbons (Fsp3) is 0.308. The van der Waals surface area contributed by atoms with Crippen LogP contribution in [0.1, 0.15) is 13.3 Å². The summed E-state index contributed by atoms with van der Waals surface area (Å²) in [6, 6.07) is 12.4. The normalized spacial score (nSPS) is 11.5. The standard InChI is InChI=1S/C13H16N2/c1-3-12(10-11-14)15(4-2)13-8-6-5-7-9-13/h3,5-9,12H,1,4,10H2,2H3. The van der Waals surface area contributed by atoms with E-state index in [4.69, 9.17) is 5.26 Å². The van der Waals surface area contributed by atoms with Gasteiger partial charge in [-0.25, -0.2) is 0 Å². The summed E-state index contributed by atoms with van der Waals surface area (Å²) >= 11 is 0. The first kappa shape index (κ1) is 11.3. The van der Waals surface area contributed by atoms with Crippen molar-refractivity contribution in [1.82, 2.24) is 0 Å². The fourth-order valence-corrected chi connectivity index (χ4v) is 1.64. The molecule has 0 spiro atoms. The van der Waals surface area contributed by atoms with Crippen molar-refractivity contribution in [3.05, 3.63) is 43.0 Å². The van der Waals surface area contributed by atoms with Crippen LogP contribution in [0.4, 0.5) is 5.69 Å². The molecule has 0 aliphatic carbocycles. The molecule has 0 bridgehead atoms. The van der Waals surface area contributed by atoms with E-state index in [2.05, 4.69) is 36.6 Å². The van der Waals surface area contributed by atoms with Gasteiger partial charge in [-0.3, -0.25) is 0 Å². The summed E-state index contributed by atoms with van der Waals surface area (Å²) in [5.41, 5.74) is 1.14. The van der Waals surface area contributed by atoms with Crippen LogP contribution in [-0.2, 0) is 0 Å². The van der Waals surface area contributed by atoms with E-state index in [9.17, 15) is 0 Å². The lowest BCUT2D eigenvalue weighted by Gasteiger charge is -2.29. The molecule has 1 aromatic rings. The molecule has 1 unspecified atom stereocenters. The number of rotatable bonds is 5. The number of likely N-dealkylation sites (N-methyl/N-ethyl adjacent to an activating group) is 1. The predicted molar refractivity (Wildman–Crippen MR) is 63.7 cm³/mol. The Morgan fingerprint density at radius 3 is 2.60 bits per heavy atom. The number of para-hydroxylation sites is 1. The molecule has 2 nitrogen and oxygen atoms in total. The van der Waals surface area contributed by atoms with Crippen molar-refractivity contribution in [2.45, 2.75) is 19.4 Å². The molecule has 78 valence electrons. The highest BCUT2D eigenvalue weighted by molar-refractivity contribution is 5.48. The van der Waals surface area contributed by atoms with E-state index < -0.39 is 0 Å². The van der Waals surface area contributed by atoms with E-state index in [1.165, 1.54) is 0 Å². The van der Waals surface area contributed by atoms with Gasteiger partial charge in [0.05, 0.1) is 18.5 Å². The number of benzene rings is 1. The fourth-order valence-electron chi connectivity index (χ4n) is 1.64. The Bertz CT molecular complexity index is 337. The van der Waals surface area contributed by atoms with Gasteiger partial charge in [-0.05, 0) is 19.1 Å². The van der Waals surface area contributed by atoms with Gasteiger partial charge >= 0.3 is 0 Å². The molecule has 0 fully saturated rings. The van der Waals surface area contributed by atoms with Crippen molar-refractivity contribution in [2.75, 3.05) is 11.4 Å². The van der Waals surface area contributed by atoms with E-state index in [0.717, 1.165) is 12.2 Å². The van der Waals surface area contributed by atoms with Gasteiger partial charge in [-0.1, -0.05) is 24.3 Å². The second-order valence-corrected chi connectivity index (χ2v) is 3.29. The summed E-state index contributed by atoms with van der Waals surface area (Å²) in [6.07, 6.45) is 2.31. The second-order valence-electron chi connectivity index (χ2n) is 3.29. The molecule has 0 amide bonds. The third kappa shape index (κ3) is 2.85. The monoisotopic (exact) mass is 200 g/mol. The smallest absolute Gasteiger partial charge is 0.0646 e. The van der Waals surface area contributed by atoms with Gasteiger partial charge < -0.3 is 4.90 Å². The highest BCUT2D eigenvalue weighted by Gasteiger charge is 2.13. The average Bonchev–Trinajstić information content (AvgIpc) is 2.30. The van der Waals surface area contributed by atoms with Crippen LogP contribution in [-0.4, -0.2) is 12.6 Å². The summed E-state index contributed by atoms with van der Waals surface area (Å²) in [5.74, 6) is 0. The van der Waals surface area contributed by atoms with Crippen molar-refractivity contribution < 1.29 is 0 Å². The minimum atomic E-state index is 0.0994. The summed E-state index contributed by atoms with van der Waals surface area (Å²) in [6.45, 7) is 6.74. The van der Waals surface area contributed by atoms with Crippen LogP contribution in [0.5, 0.6) is 0 Å². The minimum absolute atomic E-state index is 0.0994. The molecular weight excluding hydrogens is 184 g/mol. The molecule has 0 N–H and O–H groups in total. The first-order valence-corrected chi connectivity index (χ1v) is 5.14. The van der Waals surface area contributed by atoms with Crippen LogP contribution in [0, 0.1) is 11.3 Å². The largest absolute Gasteiger partial charge is 0.364 e. The molecule has 1 rings (SSSR count). The van der Waals surface area contributed by atoms with E-state index in [1.54, 1.807) is 0 Å². The summed E-state index contributed by atoms with van der Waals surface area (Å²) in [5, 5.41) is 8.73. The number of anilines is 1. The van der Waals surface area contributed by atoms with E-state index in [0.29, 0.717) is 6.42 Å². The predicted octanol–water partition coefficient (Wildman–Crippen LogP) is 2.98. The molecule has 0 aromatic heterocycles. The Kier molecular flexibility index (Phi) is 4.43. The molecule has 15 heavy (non-hydrogen) atoms. The number of hydrogen-bond donors (Lipinski definition) is 0. The van der Waals surface area contributed by atoms with Gasteiger partial charge in [0.25, 0.3) is 0 Å². The van der Waals surface area contributed by atoms with Crippen molar-refractivity contribution in [2.24, 2.45) is 0 Å². The first-order valence-electron chi connectivity index (χ1n) is 5.14. The first-order chi connectivity index (χ1) is 7.33. The van der Waals surface area contributed by atoms with Crippen molar-refractivity contribution in [1.29, 1.82) is 5.26 Å². The van der Waals surface area contributed by atoms with Gasteiger partial charge in [0.15, 0.2) is 0 Å². The number of hydrogen-bond acceptors (Lipinski definition) is 2. The molecule has 1 aromatic carbocycles. The van der Waals surface area contributed by atoms with Crippen LogP contribution in [0.2, 0.25) is 0 Å². The van der Waals surface area contributed by atoms with Crippen molar-refractivity contribution >= 4 is 5.69 Å². The van der Waals surface area contributed by atoms with E-state index in [-0.39, 0.29) is 6.04 Å². The van der Waals surface area contributed by atoms with E-state index in [1.807, 2.05) is 24.3 Å². The minimum Gasteiger partial charge on any atom is -0.364 e. The maximum atomic E-state index is 8.73. The van der Waals surface area contributed by atoms with Crippen LogP contribution in [0.15, 0.2) is 43.0 Å². The molecule has 2 heteroatoms. The second kappa shape index (κ2) is 5.87. The van der Waals surface area contributed by atoms with Crippen molar-refractivity contribution in [3.63, 3.8) is 0 Å². The topological polar surface area (TPSA) is 27.0 Å². The molecule has 1 atom stereocenters. The van der Waals surface area contributed by atoms with E-state index >= 15 is 0 Å². The highest BCUT2D eigenvalue weighted by atomic mass is 15.1. The summed E-state index contributed by atoms with van der Waals surface area (Å²) < 4.78 is 0. The number of nitrogens with zero attached hydrogens (tertiary/aromatic N) is 2. The molecule has 0 saturated carbocycles. The highest BCUT2D eigenvalue weighted by Crippen LogP contribution is 2.18. The SMILES string of the molecule is C=CC(CC#N)N(CC)c1ccccc1. The Morgan fingerprint density at radius 1 is 1.47 bits per heavy atom. The lowest BCUT2D eigenvalue weighted by molar-refractivity contribution is 0.717. The molecule has 0 radical (unpaired) electrons. The zero-order chi connectivity index (χ0) is 11.1. The average molecular weight is 200 g/mol. The van der Waals surface area contributed by atoms with Gasteiger partial charge in [-0.2, -0.15) is 5.26 Å². The van der Waals surface area contributed by atoms with Crippen LogP contribution >= 0.6 is 0 Å². The van der Waals surface area contributed by atoms with Crippen LogP contribution in [0.25, 0.3) is 0 Å². The van der Waals surface area contributed by atoms with Gasteiger partial charge in [0.1, 0.15) is 0 Å². The van der Waals surface area contributed by atoms with Gasteiger partial charge in [0, 0.05) is 12.2 Å². The maximum absolute atomic E-state index is 8.73. The molecular formula is C13H16N2. The zero-order valence-corrected chi connectivity index (χ0v) is 9.06. The summed E-state index contributed by atoms with van der Waals surface area (Å²) in [7, 11) is 0. The lowest BCUT2D eigenvalue weighted by Crippen LogP contribution is -2.33. The Morgan fingerprint density at radius 2 is 2.13 bits per heavy atom. The molecule has 0 heterocycles. The van der Waals surface area contributed by atoms with Crippen LogP contribution in [0.3, 0.4) is 0 Å². The van der Waals surface area contributed by atoms with Gasteiger partial charge in [-0.15, -0.1) is 6.58 Å². The Labute approximate surface area is 91.4 Å². The Balaban J connectivity index is 2.88. The van der Waals surface area contributed by atoms with Crippen molar-refractivity contribution in [3.8, 4) is 6.07 Å². The quantitative estimate of drug-likeness (QED) is 0.683. The number of nitriles is 1.